The molecule has 4 nitrogen and oxygen atoms in total. The molecular formula is C15H23NO3. The number of esters is 1. The molecule has 0 amide bonds. The molecule has 1 N–H and O–H groups in total. The van der Waals surface area contributed by atoms with Crippen LogP contribution in [-0.2, 0) is 11.3 Å². The van der Waals surface area contributed by atoms with Crippen molar-refractivity contribution in [2.24, 2.45) is 5.41 Å². The number of rotatable bonds is 4. The third-order valence-electron chi connectivity index (χ3n) is 4.10. The summed E-state index contributed by atoms with van der Waals surface area (Å²) in [5.74, 6) is 0.426. The molecule has 1 saturated carbocycles. The van der Waals surface area contributed by atoms with Gasteiger partial charge in [0, 0.05) is 6.04 Å². The number of carbonyl (C=O) groups excluding carboxylic acids is 1. The fraction of sp³-hybridized carbons (Fsp3) is 0.667. The van der Waals surface area contributed by atoms with E-state index in [4.69, 9.17) is 4.42 Å². The minimum Gasteiger partial charge on any atom is -0.467 e. The van der Waals surface area contributed by atoms with Crippen LogP contribution < -0.4 is 5.32 Å². The van der Waals surface area contributed by atoms with Gasteiger partial charge >= 0.3 is 5.97 Å². The predicted octanol–water partition coefficient (Wildman–Crippen LogP) is 3.12. The van der Waals surface area contributed by atoms with Crippen LogP contribution in [0.4, 0.5) is 0 Å². The number of carbonyl (C=O) groups is 1. The van der Waals surface area contributed by atoms with E-state index in [-0.39, 0.29) is 5.97 Å². The van der Waals surface area contributed by atoms with Gasteiger partial charge in [0.2, 0.25) is 0 Å². The Morgan fingerprint density at radius 1 is 1.53 bits per heavy atom. The van der Waals surface area contributed by atoms with E-state index >= 15 is 0 Å². The zero-order valence-electron chi connectivity index (χ0n) is 12.0. The van der Waals surface area contributed by atoms with Crippen LogP contribution in [0.5, 0.6) is 0 Å². The van der Waals surface area contributed by atoms with Crippen LogP contribution in [0, 0.1) is 5.41 Å². The molecule has 0 saturated heterocycles. The molecule has 2 rings (SSSR count). The summed E-state index contributed by atoms with van der Waals surface area (Å²) in [5, 5.41) is 3.55. The molecule has 1 aromatic rings. The van der Waals surface area contributed by atoms with Crippen molar-refractivity contribution in [2.75, 3.05) is 7.11 Å². The Bertz CT molecular complexity index is 436. The molecule has 0 spiro atoms. The zero-order chi connectivity index (χ0) is 13.9. The Hall–Kier alpha value is -1.29. The summed E-state index contributed by atoms with van der Waals surface area (Å²) in [4.78, 5) is 11.3. The van der Waals surface area contributed by atoms with Crippen molar-refractivity contribution >= 4 is 5.97 Å². The summed E-state index contributed by atoms with van der Waals surface area (Å²) in [7, 11) is 1.37. The third-order valence-corrected chi connectivity index (χ3v) is 4.10. The van der Waals surface area contributed by atoms with Crippen LogP contribution in [-0.4, -0.2) is 19.1 Å². The van der Waals surface area contributed by atoms with Crippen molar-refractivity contribution in [1.29, 1.82) is 0 Å². The SMILES string of the molecule is COC(=O)c1coc(CNC2CCCCC2(C)C)c1. The minimum absolute atomic E-state index is 0.329. The molecule has 0 aromatic carbocycles. The molecule has 1 aromatic heterocycles. The molecule has 1 heterocycles. The van der Waals surface area contributed by atoms with Gasteiger partial charge in [-0.1, -0.05) is 26.7 Å². The number of hydrogen-bond donors (Lipinski definition) is 1. The smallest absolute Gasteiger partial charge is 0.341 e. The molecule has 1 unspecified atom stereocenters. The average molecular weight is 265 g/mol. The first-order valence-corrected chi connectivity index (χ1v) is 6.92. The fourth-order valence-corrected chi connectivity index (χ4v) is 2.79. The lowest BCUT2D eigenvalue weighted by Gasteiger charge is -2.39. The fourth-order valence-electron chi connectivity index (χ4n) is 2.79. The molecule has 1 atom stereocenters. The summed E-state index contributed by atoms with van der Waals surface area (Å²) in [6, 6.07) is 2.25. The van der Waals surface area contributed by atoms with Crippen molar-refractivity contribution in [1.82, 2.24) is 5.32 Å². The van der Waals surface area contributed by atoms with E-state index in [0.717, 1.165) is 5.76 Å². The van der Waals surface area contributed by atoms with Crippen LogP contribution in [0.1, 0.15) is 55.6 Å². The number of hydrogen-bond acceptors (Lipinski definition) is 4. The quantitative estimate of drug-likeness (QED) is 0.850. The normalized spacial score (nSPS) is 22.2. The van der Waals surface area contributed by atoms with Crippen LogP contribution in [0.25, 0.3) is 0 Å². The lowest BCUT2D eigenvalue weighted by Crippen LogP contribution is -2.43. The Balaban J connectivity index is 1.91. The van der Waals surface area contributed by atoms with Gasteiger partial charge in [-0.05, 0) is 24.3 Å². The van der Waals surface area contributed by atoms with E-state index in [0.29, 0.717) is 23.6 Å². The summed E-state index contributed by atoms with van der Waals surface area (Å²) in [6.45, 7) is 5.28. The number of furan rings is 1. The van der Waals surface area contributed by atoms with E-state index in [1.807, 2.05) is 0 Å². The van der Waals surface area contributed by atoms with E-state index in [1.165, 1.54) is 39.1 Å². The molecule has 19 heavy (non-hydrogen) atoms. The highest BCUT2D eigenvalue weighted by Gasteiger charge is 2.31. The first kappa shape index (κ1) is 14.1. The summed E-state index contributed by atoms with van der Waals surface area (Å²) >= 11 is 0. The first-order chi connectivity index (χ1) is 9.03. The highest BCUT2D eigenvalue weighted by atomic mass is 16.5. The Morgan fingerprint density at radius 3 is 3.00 bits per heavy atom. The zero-order valence-corrected chi connectivity index (χ0v) is 12.0. The average Bonchev–Trinajstić information content (AvgIpc) is 2.85. The topological polar surface area (TPSA) is 51.5 Å². The Labute approximate surface area is 114 Å². The monoisotopic (exact) mass is 265 g/mol. The van der Waals surface area contributed by atoms with Gasteiger partial charge in [0.15, 0.2) is 0 Å². The largest absolute Gasteiger partial charge is 0.467 e. The van der Waals surface area contributed by atoms with Crippen LogP contribution in [0.2, 0.25) is 0 Å². The van der Waals surface area contributed by atoms with Crippen LogP contribution >= 0.6 is 0 Å². The minimum atomic E-state index is -0.354. The maximum atomic E-state index is 11.3. The molecule has 0 bridgehead atoms. The number of nitrogens with one attached hydrogen (secondary N) is 1. The van der Waals surface area contributed by atoms with Crippen molar-refractivity contribution in [3.05, 3.63) is 23.7 Å². The summed E-state index contributed by atoms with van der Waals surface area (Å²) in [5.41, 5.74) is 0.804. The van der Waals surface area contributed by atoms with Gasteiger partial charge in [-0.2, -0.15) is 0 Å². The van der Waals surface area contributed by atoms with E-state index in [9.17, 15) is 4.79 Å². The maximum Gasteiger partial charge on any atom is 0.341 e. The highest BCUT2D eigenvalue weighted by Crippen LogP contribution is 2.35. The van der Waals surface area contributed by atoms with Crippen LogP contribution in [0.3, 0.4) is 0 Å². The summed E-state index contributed by atoms with van der Waals surface area (Å²) < 4.78 is 10.0. The maximum absolute atomic E-state index is 11.3. The second kappa shape index (κ2) is 5.78. The molecule has 0 radical (unpaired) electrons. The highest BCUT2D eigenvalue weighted by molar-refractivity contribution is 5.88. The van der Waals surface area contributed by atoms with E-state index < -0.39 is 0 Å². The van der Waals surface area contributed by atoms with E-state index in [2.05, 4.69) is 23.9 Å². The van der Waals surface area contributed by atoms with Gasteiger partial charge in [-0.25, -0.2) is 4.79 Å². The van der Waals surface area contributed by atoms with Gasteiger partial charge in [0.25, 0.3) is 0 Å². The number of ether oxygens (including phenoxy) is 1. The molecule has 1 aliphatic rings. The van der Waals surface area contributed by atoms with Crippen molar-refractivity contribution in [3.8, 4) is 0 Å². The first-order valence-electron chi connectivity index (χ1n) is 6.92. The summed E-state index contributed by atoms with van der Waals surface area (Å²) in [6.07, 6.45) is 6.52. The van der Waals surface area contributed by atoms with Crippen molar-refractivity contribution in [2.45, 2.75) is 52.1 Å². The van der Waals surface area contributed by atoms with E-state index in [1.54, 1.807) is 6.07 Å². The van der Waals surface area contributed by atoms with Crippen molar-refractivity contribution in [3.63, 3.8) is 0 Å². The number of methoxy groups -OCH3 is 1. The molecular weight excluding hydrogens is 242 g/mol. The Morgan fingerprint density at radius 2 is 2.32 bits per heavy atom. The van der Waals surface area contributed by atoms with Gasteiger partial charge < -0.3 is 14.5 Å². The third kappa shape index (κ3) is 3.38. The second-order valence-electron chi connectivity index (χ2n) is 5.96. The lowest BCUT2D eigenvalue weighted by atomic mass is 9.73. The standard InChI is InChI=1S/C15H23NO3/c1-15(2)7-5-4-6-13(15)16-9-12-8-11(10-19-12)14(17)18-3/h8,10,13,16H,4-7,9H2,1-3H3. The van der Waals surface area contributed by atoms with Crippen molar-refractivity contribution < 1.29 is 13.9 Å². The predicted molar refractivity (Wildman–Crippen MR) is 72.9 cm³/mol. The molecule has 0 aliphatic heterocycles. The second-order valence-corrected chi connectivity index (χ2v) is 5.96. The molecule has 1 aliphatic carbocycles. The van der Waals surface area contributed by atoms with Crippen LogP contribution in [0.15, 0.2) is 16.7 Å². The molecule has 1 fully saturated rings. The molecule has 106 valence electrons. The van der Waals surface area contributed by atoms with Gasteiger partial charge in [-0.15, -0.1) is 0 Å². The van der Waals surface area contributed by atoms with Gasteiger partial charge in [0.05, 0.1) is 19.2 Å². The van der Waals surface area contributed by atoms with Gasteiger partial charge in [0.1, 0.15) is 12.0 Å². The Kier molecular flexibility index (Phi) is 4.30. The van der Waals surface area contributed by atoms with Gasteiger partial charge in [-0.3, -0.25) is 0 Å². The lowest BCUT2D eigenvalue weighted by molar-refractivity contribution is 0.0600. The molecule has 4 heteroatoms.